The van der Waals surface area contributed by atoms with Crippen LogP contribution in [0.25, 0.3) is 0 Å². The lowest BCUT2D eigenvalue weighted by Gasteiger charge is -2.36. The highest BCUT2D eigenvalue weighted by atomic mass is 16.5. The van der Waals surface area contributed by atoms with E-state index in [2.05, 4.69) is 20.5 Å². The smallest absolute Gasteiger partial charge is 0.317 e. The van der Waals surface area contributed by atoms with Crippen LogP contribution < -0.4 is 20.3 Å². The molecule has 1 aliphatic heterocycles. The normalized spacial score (nSPS) is 13.8. The molecule has 2 aromatic rings. The molecule has 1 fully saturated rings. The molecule has 0 bridgehead atoms. The van der Waals surface area contributed by atoms with E-state index in [1.807, 2.05) is 24.3 Å². The molecule has 0 aliphatic carbocycles. The van der Waals surface area contributed by atoms with Crippen molar-refractivity contribution >= 4 is 23.4 Å². The largest absolute Gasteiger partial charge is 0.495 e. The average Bonchev–Trinajstić information content (AvgIpc) is 2.73. The highest BCUT2D eigenvalue weighted by Crippen LogP contribution is 2.28. The van der Waals surface area contributed by atoms with Gasteiger partial charge < -0.3 is 25.2 Å². The van der Waals surface area contributed by atoms with E-state index in [4.69, 9.17) is 4.74 Å². The maximum absolute atomic E-state index is 12.3. The monoisotopic (exact) mass is 369 g/mol. The number of aromatic nitrogens is 1. The lowest BCUT2D eigenvalue weighted by Crippen LogP contribution is -2.52. The van der Waals surface area contributed by atoms with E-state index in [0.717, 1.165) is 11.4 Å². The molecule has 142 valence electrons. The van der Waals surface area contributed by atoms with Gasteiger partial charge in [-0.25, -0.2) is 9.78 Å². The number of hydrogen-bond acceptors (Lipinski definition) is 5. The summed E-state index contributed by atoms with van der Waals surface area (Å²) in [4.78, 5) is 32.1. The predicted molar refractivity (Wildman–Crippen MR) is 103 cm³/mol. The third kappa shape index (κ3) is 4.87. The highest BCUT2D eigenvalue weighted by Gasteiger charge is 2.23. The van der Waals surface area contributed by atoms with Crippen LogP contribution in [0.1, 0.15) is 0 Å². The van der Waals surface area contributed by atoms with Crippen LogP contribution in [0, 0.1) is 0 Å². The fourth-order valence-corrected chi connectivity index (χ4v) is 2.93. The first kappa shape index (κ1) is 18.5. The summed E-state index contributed by atoms with van der Waals surface area (Å²) in [5, 5.41) is 5.29. The summed E-state index contributed by atoms with van der Waals surface area (Å²) in [5.74, 6) is 0.971. The van der Waals surface area contributed by atoms with E-state index in [9.17, 15) is 9.59 Å². The number of pyridine rings is 1. The van der Waals surface area contributed by atoms with Crippen LogP contribution in [0.5, 0.6) is 5.75 Å². The molecular formula is C19H23N5O3. The molecule has 0 unspecified atom stereocenters. The van der Waals surface area contributed by atoms with Crippen LogP contribution in [0.2, 0.25) is 0 Å². The maximum atomic E-state index is 12.3. The molecule has 8 nitrogen and oxygen atoms in total. The van der Waals surface area contributed by atoms with Gasteiger partial charge in [0.15, 0.2) is 0 Å². The van der Waals surface area contributed by atoms with E-state index in [1.165, 1.54) is 0 Å². The molecular weight excluding hydrogens is 346 g/mol. The van der Waals surface area contributed by atoms with E-state index < -0.39 is 0 Å². The Morgan fingerprint density at radius 2 is 1.81 bits per heavy atom. The van der Waals surface area contributed by atoms with Gasteiger partial charge in [-0.2, -0.15) is 0 Å². The van der Waals surface area contributed by atoms with E-state index in [1.54, 1.807) is 36.4 Å². The van der Waals surface area contributed by atoms with Gasteiger partial charge in [-0.1, -0.05) is 18.2 Å². The number of nitrogens with one attached hydrogen (secondary N) is 2. The van der Waals surface area contributed by atoms with Crippen LogP contribution in [0.15, 0.2) is 48.7 Å². The highest BCUT2D eigenvalue weighted by molar-refractivity contribution is 5.93. The first-order chi connectivity index (χ1) is 13.2. The molecule has 1 saturated heterocycles. The lowest BCUT2D eigenvalue weighted by molar-refractivity contribution is -0.115. The predicted octanol–water partition coefficient (Wildman–Crippen LogP) is 1.56. The Morgan fingerprint density at radius 1 is 1.07 bits per heavy atom. The number of anilines is 2. The Hall–Kier alpha value is -3.29. The second-order valence-corrected chi connectivity index (χ2v) is 6.07. The van der Waals surface area contributed by atoms with Gasteiger partial charge >= 0.3 is 6.03 Å². The Kier molecular flexibility index (Phi) is 6.09. The van der Waals surface area contributed by atoms with Crippen molar-refractivity contribution in [2.24, 2.45) is 0 Å². The van der Waals surface area contributed by atoms with Crippen molar-refractivity contribution < 1.29 is 14.3 Å². The van der Waals surface area contributed by atoms with Gasteiger partial charge in [0.05, 0.1) is 19.3 Å². The summed E-state index contributed by atoms with van der Waals surface area (Å²) in [7, 11) is 1.65. The molecule has 0 atom stereocenters. The summed E-state index contributed by atoms with van der Waals surface area (Å²) in [6, 6.07) is 12.8. The second kappa shape index (κ2) is 8.88. The molecule has 1 aliphatic rings. The van der Waals surface area contributed by atoms with Crippen molar-refractivity contribution in [1.82, 2.24) is 15.2 Å². The van der Waals surface area contributed by atoms with Crippen LogP contribution >= 0.6 is 0 Å². The Bertz CT molecular complexity index is 776. The first-order valence-electron chi connectivity index (χ1n) is 8.79. The minimum atomic E-state index is -0.310. The molecule has 2 heterocycles. The molecule has 3 amide bonds. The third-order valence-electron chi connectivity index (χ3n) is 4.33. The average molecular weight is 369 g/mol. The number of ether oxygens (including phenoxy) is 1. The van der Waals surface area contributed by atoms with E-state index >= 15 is 0 Å². The number of carbonyl (C=O) groups is 2. The minimum Gasteiger partial charge on any atom is -0.495 e. The second-order valence-electron chi connectivity index (χ2n) is 6.07. The fraction of sp³-hybridized carbons (Fsp3) is 0.316. The molecule has 1 aromatic carbocycles. The lowest BCUT2D eigenvalue weighted by atomic mass is 10.2. The molecule has 8 heteroatoms. The number of amides is 3. The number of para-hydroxylation sites is 2. The number of nitrogens with zero attached hydrogens (tertiary/aromatic N) is 3. The first-order valence-corrected chi connectivity index (χ1v) is 8.79. The maximum Gasteiger partial charge on any atom is 0.317 e. The molecule has 0 spiro atoms. The van der Waals surface area contributed by atoms with Gasteiger partial charge in [0.1, 0.15) is 11.6 Å². The van der Waals surface area contributed by atoms with Crippen LogP contribution in [0.4, 0.5) is 16.3 Å². The van der Waals surface area contributed by atoms with Crippen molar-refractivity contribution in [3.05, 3.63) is 48.7 Å². The standard InChI is InChI=1S/C19H23N5O3/c1-27-16-7-3-2-6-15(16)23-10-12-24(13-11-23)19(26)21-14-18(25)22-17-8-4-5-9-20-17/h2-9H,10-14H2,1H3,(H,21,26)(H,20,22,25). The number of urea groups is 1. The van der Waals surface area contributed by atoms with Gasteiger partial charge in [-0.3, -0.25) is 4.79 Å². The van der Waals surface area contributed by atoms with Gasteiger partial charge in [-0.05, 0) is 24.3 Å². The van der Waals surface area contributed by atoms with Crippen LogP contribution in [-0.2, 0) is 4.79 Å². The molecule has 3 rings (SSSR count). The number of rotatable bonds is 5. The van der Waals surface area contributed by atoms with Crippen molar-refractivity contribution in [2.75, 3.05) is 50.1 Å². The molecule has 0 saturated carbocycles. The number of piperazine rings is 1. The van der Waals surface area contributed by atoms with Gasteiger partial charge in [0.25, 0.3) is 0 Å². The summed E-state index contributed by atoms with van der Waals surface area (Å²) >= 11 is 0. The van der Waals surface area contributed by atoms with Crippen molar-refractivity contribution in [1.29, 1.82) is 0 Å². The zero-order valence-electron chi connectivity index (χ0n) is 15.2. The number of carbonyl (C=O) groups excluding carboxylic acids is 2. The third-order valence-corrected chi connectivity index (χ3v) is 4.33. The quantitative estimate of drug-likeness (QED) is 0.835. The zero-order chi connectivity index (χ0) is 19.1. The van der Waals surface area contributed by atoms with Crippen LogP contribution in [-0.4, -0.2) is 61.7 Å². The molecule has 27 heavy (non-hydrogen) atoms. The summed E-state index contributed by atoms with van der Waals surface area (Å²) in [5.41, 5.74) is 1.02. The fourth-order valence-electron chi connectivity index (χ4n) is 2.93. The van der Waals surface area contributed by atoms with E-state index in [-0.39, 0.29) is 18.5 Å². The number of methoxy groups -OCH3 is 1. The summed E-state index contributed by atoms with van der Waals surface area (Å²) < 4.78 is 5.40. The Morgan fingerprint density at radius 3 is 2.52 bits per heavy atom. The van der Waals surface area contributed by atoms with Gasteiger partial charge in [0, 0.05) is 32.4 Å². The zero-order valence-corrected chi connectivity index (χ0v) is 15.2. The van der Waals surface area contributed by atoms with Crippen molar-refractivity contribution in [3.63, 3.8) is 0 Å². The van der Waals surface area contributed by atoms with Crippen molar-refractivity contribution in [2.45, 2.75) is 0 Å². The Balaban J connectivity index is 1.45. The number of hydrogen-bond donors (Lipinski definition) is 2. The van der Waals surface area contributed by atoms with Crippen molar-refractivity contribution in [3.8, 4) is 5.75 Å². The minimum absolute atomic E-state index is 0.0951. The van der Waals surface area contributed by atoms with Crippen LogP contribution in [0.3, 0.4) is 0 Å². The molecule has 0 radical (unpaired) electrons. The van der Waals surface area contributed by atoms with E-state index in [0.29, 0.717) is 32.0 Å². The van der Waals surface area contributed by atoms with Gasteiger partial charge in [-0.15, -0.1) is 0 Å². The summed E-state index contributed by atoms with van der Waals surface area (Å²) in [6.07, 6.45) is 1.59. The topological polar surface area (TPSA) is 86.8 Å². The Labute approximate surface area is 158 Å². The van der Waals surface area contributed by atoms with Gasteiger partial charge in [0.2, 0.25) is 5.91 Å². The molecule has 2 N–H and O–H groups in total. The SMILES string of the molecule is COc1ccccc1N1CCN(C(=O)NCC(=O)Nc2ccccn2)CC1. The molecule has 1 aromatic heterocycles. The summed E-state index contributed by atoms with van der Waals surface area (Å²) in [6.45, 7) is 2.46. The number of benzene rings is 1.